The van der Waals surface area contributed by atoms with Crippen LogP contribution in [0.1, 0.15) is 124 Å². The van der Waals surface area contributed by atoms with E-state index in [2.05, 4.69) is 20.8 Å². The summed E-state index contributed by atoms with van der Waals surface area (Å²) in [4.78, 5) is 0. The molecule has 0 spiro atoms. The van der Waals surface area contributed by atoms with Gasteiger partial charge in [-0.05, 0) is 31.5 Å². The van der Waals surface area contributed by atoms with Crippen molar-refractivity contribution in [1.29, 1.82) is 0 Å². The summed E-state index contributed by atoms with van der Waals surface area (Å²) in [5.74, 6) is 0. The second-order valence-electron chi connectivity index (χ2n) is 6.90. The molecular weight excluding hydrogens is 300 g/mol. The van der Waals surface area contributed by atoms with Crippen molar-refractivity contribution in [2.24, 2.45) is 0 Å². The van der Waals surface area contributed by atoms with Crippen molar-refractivity contribution >= 4 is 17.3 Å². The molecule has 0 radical (unpaired) electrons. The van der Waals surface area contributed by atoms with Crippen LogP contribution in [-0.4, -0.2) is 11.2 Å². The maximum absolute atomic E-state index is 5.79. The van der Waals surface area contributed by atoms with E-state index in [1.165, 1.54) is 89.9 Å². The third kappa shape index (κ3) is 16.5. The molecule has 0 rings (SSSR count). The lowest BCUT2D eigenvalue weighted by molar-refractivity contribution is 0.170. The van der Waals surface area contributed by atoms with Gasteiger partial charge in [-0.1, -0.05) is 97.8 Å². The number of thiocarbonyl (C=S) groups is 1. The van der Waals surface area contributed by atoms with Gasteiger partial charge in [-0.25, -0.2) is 0 Å². The van der Waals surface area contributed by atoms with Crippen molar-refractivity contribution in [2.75, 3.05) is 0 Å². The highest BCUT2D eigenvalue weighted by atomic mass is 32.1. The largest absolute Gasteiger partial charge is 0.484 e. The Morgan fingerprint density at radius 1 is 0.696 bits per heavy atom. The van der Waals surface area contributed by atoms with Gasteiger partial charge in [0.1, 0.15) is 0 Å². The van der Waals surface area contributed by atoms with Gasteiger partial charge in [-0.3, -0.25) is 0 Å². The fourth-order valence-corrected chi connectivity index (χ4v) is 3.14. The summed E-state index contributed by atoms with van der Waals surface area (Å²) >= 11 is 5.18. The molecule has 0 aromatic rings. The Morgan fingerprint density at radius 2 is 1.13 bits per heavy atom. The van der Waals surface area contributed by atoms with Crippen LogP contribution in [-0.2, 0) is 4.74 Å². The molecule has 0 aromatic carbocycles. The summed E-state index contributed by atoms with van der Waals surface area (Å²) in [5, 5.41) is 0.784. The normalized spacial score (nSPS) is 12.3. The maximum Gasteiger partial charge on any atom is 0.159 e. The number of rotatable bonds is 17. The Balaban J connectivity index is 3.24. The minimum atomic E-state index is 0.357. The molecule has 0 fully saturated rings. The average Bonchev–Trinajstić information content (AvgIpc) is 2.57. The van der Waals surface area contributed by atoms with Gasteiger partial charge in [0, 0.05) is 6.42 Å². The summed E-state index contributed by atoms with van der Waals surface area (Å²) in [6.45, 7) is 6.56. The standard InChI is InChI=1S/C21H42OS/c1-4-7-8-9-10-11-12-13-14-15-16-17-18-19-20(5-2)22-21(23)6-3/h20H,4-19H2,1-3H3. The Hall–Kier alpha value is -0.110. The van der Waals surface area contributed by atoms with E-state index in [4.69, 9.17) is 17.0 Å². The molecule has 0 heterocycles. The van der Waals surface area contributed by atoms with E-state index in [1.807, 2.05) is 0 Å². The molecule has 138 valence electrons. The van der Waals surface area contributed by atoms with Gasteiger partial charge in [-0.15, -0.1) is 0 Å². The number of hydrogen-bond acceptors (Lipinski definition) is 2. The highest BCUT2D eigenvalue weighted by molar-refractivity contribution is 7.80. The molecule has 0 N–H and O–H groups in total. The topological polar surface area (TPSA) is 9.23 Å². The van der Waals surface area contributed by atoms with Crippen molar-refractivity contribution < 1.29 is 4.74 Å². The zero-order valence-electron chi connectivity index (χ0n) is 16.2. The lowest BCUT2D eigenvalue weighted by atomic mass is 10.0. The predicted octanol–water partition coefficient (Wildman–Crippen LogP) is 8.00. The van der Waals surface area contributed by atoms with Gasteiger partial charge >= 0.3 is 0 Å². The molecule has 0 bridgehead atoms. The highest BCUT2D eigenvalue weighted by Crippen LogP contribution is 2.15. The summed E-state index contributed by atoms with van der Waals surface area (Å²) in [6.07, 6.45) is 21.9. The van der Waals surface area contributed by atoms with Gasteiger partial charge in [0.25, 0.3) is 0 Å². The third-order valence-corrected chi connectivity index (χ3v) is 5.06. The van der Waals surface area contributed by atoms with E-state index in [0.717, 1.165) is 17.9 Å². The monoisotopic (exact) mass is 342 g/mol. The van der Waals surface area contributed by atoms with Crippen molar-refractivity contribution in [2.45, 2.75) is 130 Å². The minimum absolute atomic E-state index is 0.357. The van der Waals surface area contributed by atoms with Gasteiger partial charge in [0.15, 0.2) is 5.05 Å². The molecule has 1 unspecified atom stereocenters. The SMILES string of the molecule is CCCCCCCCCCCCCCCC(CC)OC(=S)CC. The van der Waals surface area contributed by atoms with Crippen LogP contribution in [0, 0.1) is 0 Å². The highest BCUT2D eigenvalue weighted by Gasteiger charge is 2.08. The Kier molecular flexibility index (Phi) is 18.1. The first kappa shape index (κ1) is 22.9. The smallest absolute Gasteiger partial charge is 0.159 e. The average molecular weight is 343 g/mol. The summed E-state index contributed by atoms with van der Waals surface area (Å²) in [7, 11) is 0. The molecule has 0 aliphatic rings. The lowest BCUT2D eigenvalue weighted by Gasteiger charge is -2.17. The number of unbranched alkanes of at least 4 members (excludes halogenated alkanes) is 12. The second-order valence-corrected chi connectivity index (χ2v) is 7.36. The maximum atomic E-state index is 5.79. The van der Waals surface area contributed by atoms with Crippen LogP contribution < -0.4 is 0 Å². The fourth-order valence-electron chi connectivity index (χ4n) is 3.01. The van der Waals surface area contributed by atoms with Gasteiger partial charge in [-0.2, -0.15) is 0 Å². The van der Waals surface area contributed by atoms with Crippen LogP contribution in [0.15, 0.2) is 0 Å². The molecule has 0 aromatic heterocycles. The summed E-state index contributed by atoms with van der Waals surface area (Å²) in [6, 6.07) is 0. The van der Waals surface area contributed by atoms with E-state index >= 15 is 0 Å². The molecule has 0 saturated carbocycles. The lowest BCUT2D eigenvalue weighted by Crippen LogP contribution is -2.15. The molecule has 0 amide bonds. The van der Waals surface area contributed by atoms with Crippen LogP contribution in [0.2, 0.25) is 0 Å². The first-order chi connectivity index (χ1) is 11.2. The van der Waals surface area contributed by atoms with Crippen molar-refractivity contribution in [3.05, 3.63) is 0 Å². The zero-order chi connectivity index (χ0) is 17.2. The van der Waals surface area contributed by atoms with Crippen molar-refractivity contribution in [1.82, 2.24) is 0 Å². The second kappa shape index (κ2) is 18.2. The molecule has 0 aliphatic heterocycles. The van der Waals surface area contributed by atoms with Gasteiger partial charge < -0.3 is 4.74 Å². The fraction of sp³-hybridized carbons (Fsp3) is 0.952. The van der Waals surface area contributed by atoms with Gasteiger partial charge in [0.2, 0.25) is 0 Å². The number of hydrogen-bond donors (Lipinski definition) is 0. The first-order valence-corrected chi connectivity index (χ1v) is 10.8. The van der Waals surface area contributed by atoms with E-state index < -0.39 is 0 Å². The van der Waals surface area contributed by atoms with Gasteiger partial charge in [0.05, 0.1) is 6.10 Å². The van der Waals surface area contributed by atoms with Crippen LogP contribution in [0.5, 0.6) is 0 Å². The Labute approximate surface area is 152 Å². The van der Waals surface area contributed by atoms with E-state index in [9.17, 15) is 0 Å². The Morgan fingerprint density at radius 3 is 1.52 bits per heavy atom. The zero-order valence-corrected chi connectivity index (χ0v) is 17.0. The minimum Gasteiger partial charge on any atom is -0.484 e. The van der Waals surface area contributed by atoms with E-state index in [0.29, 0.717) is 6.10 Å². The van der Waals surface area contributed by atoms with Crippen LogP contribution in [0.25, 0.3) is 0 Å². The first-order valence-electron chi connectivity index (χ1n) is 10.4. The van der Waals surface area contributed by atoms with Crippen molar-refractivity contribution in [3.8, 4) is 0 Å². The number of ether oxygens (including phenoxy) is 1. The van der Waals surface area contributed by atoms with Crippen LogP contribution in [0.4, 0.5) is 0 Å². The molecule has 0 saturated heterocycles. The Bertz CT molecular complexity index is 252. The van der Waals surface area contributed by atoms with Crippen molar-refractivity contribution in [3.63, 3.8) is 0 Å². The summed E-state index contributed by atoms with van der Waals surface area (Å²) in [5.41, 5.74) is 0. The summed E-state index contributed by atoms with van der Waals surface area (Å²) < 4.78 is 5.79. The quantitative estimate of drug-likeness (QED) is 0.195. The molecule has 2 heteroatoms. The molecular formula is C21H42OS. The van der Waals surface area contributed by atoms with E-state index in [-0.39, 0.29) is 0 Å². The van der Waals surface area contributed by atoms with Crippen LogP contribution >= 0.6 is 12.2 Å². The van der Waals surface area contributed by atoms with E-state index in [1.54, 1.807) is 0 Å². The predicted molar refractivity (Wildman–Crippen MR) is 108 cm³/mol. The molecule has 1 atom stereocenters. The third-order valence-electron chi connectivity index (χ3n) is 4.67. The van der Waals surface area contributed by atoms with Crippen LogP contribution in [0.3, 0.4) is 0 Å². The molecule has 0 aliphatic carbocycles. The molecule has 23 heavy (non-hydrogen) atoms. The molecule has 1 nitrogen and oxygen atoms in total.